The molecule has 0 atom stereocenters. The van der Waals surface area contributed by atoms with Gasteiger partial charge in [-0.25, -0.2) is 9.97 Å². The van der Waals surface area contributed by atoms with E-state index in [1.165, 1.54) is 12.4 Å². The zero-order valence-corrected chi connectivity index (χ0v) is 22.6. The number of hydrogen-bond donors (Lipinski definition) is 4. The summed E-state index contributed by atoms with van der Waals surface area (Å²) >= 11 is 0. The monoisotopic (exact) mass is 557 g/mol. The minimum absolute atomic E-state index is 0.0500. The predicted octanol–water partition coefficient (Wildman–Crippen LogP) is 5.00. The van der Waals surface area contributed by atoms with E-state index in [4.69, 9.17) is 15.9 Å². The number of aromatic amines is 1. The molecule has 1 amide bonds. The summed E-state index contributed by atoms with van der Waals surface area (Å²) in [7, 11) is 0. The number of benzene rings is 1. The number of nitrogens with one attached hydrogen (secondary N) is 3. The van der Waals surface area contributed by atoms with Gasteiger partial charge in [0.15, 0.2) is 5.96 Å². The number of nitrogens with two attached hydrogens (primary N) is 1. The highest BCUT2D eigenvalue weighted by Crippen LogP contribution is 2.40. The van der Waals surface area contributed by atoms with Gasteiger partial charge in [-0.2, -0.15) is 13.2 Å². The number of fused-ring (bicyclic) bond motifs is 1. The smallest absolute Gasteiger partial charge is 0.416 e. The van der Waals surface area contributed by atoms with Crippen LogP contribution in [0.3, 0.4) is 0 Å². The topological polar surface area (TPSA) is 133 Å². The standard InChI is InChI=1S/C28H34F3N7O2/c1-3-38(27(32)33)19-9-7-18(8-10-19)37-26(39)22-15(2)36-25-23(34-14-35-24(22)25)20-12-17(28(29,30)31)6-11-21(20)40-13-16-4-5-16/h6,11-12,14,16,18-19,36H,3-5,7-10,13H2,1-2H3,(H3,32,33)(H,37,39). The third kappa shape index (κ3) is 5.71. The van der Waals surface area contributed by atoms with Gasteiger partial charge >= 0.3 is 6.18 Å². The molecular formula is C28H34F3N7O2. The number of amides is 1. The van der Waals surface area contributed by atoms with Crippen LogP contribution in [0, 0.1) is 18.3 Å². The van der Waals surface area contributed by atoms with Crippen molar-refractivity contribution < 1.29 is 22.7 Å². The lowest BCUT2D eigenvalue weighted by molar-refractivity contribution is -0.137. The van der Waals surface area contributed by atoms with Gasteiger partial charge in [-0.1, -0.05) is 0 Å². The molecule has 12 heteroatoms. The second-order valence-electron chi connectivity index (χ2n) is 10.7. The molecule has 214 valence electrons. The van der Waals surface area contributed by atoms with Crippen LogP contribution in [-0.2, 0) is 6.18 Å². The zero-order valence-electron chi connectivity index (χ0n) is 22.6. The summed E-state index contributed by atoms with van der Waals surface area (Å²) in [6.45, 7) is 4.79. The van der Waals surface area contributed by atoms with E-state index in [-0.39, 0.29) is 35.2 Å². The van der Waals surface area contributed by atoms with Crippen molar-refractivity contribution >= 4 is 22.9 Å². The van der Waals surface area contributed by atoms with Crippen LogP contribution in [0.25, 0.3) is 22.3 Å². The molecule has 2 heterocycles. The van der Waals surface area contributed by atoms with E-state index < -0.39 is 11.7 Å². The Labute approximate surface area is 230 Å². The summed E-state index contributed by atoms with van der Waals surface area (Å²) in [6, 6.07) is 3.50. The third-order valence-electron chi connectivity index (χ3n) is 7.85. The van der Waals surface area contributed by atoms with Crippen molar-refractivity contribution in [1.82, 2.24) is 25.2 Å². The number of aromatic nitrogens is 3. The molecule has 1 aromatic carbocycles. The van der Waals surface area contributed by atoms with Gasteiger partial charge < -0.3 is 25.7 Å². The highest BCUT2D eigenvalue weighted by atomic mass is 19.4. The average Bonchev–Trinajstić information content (AvgIpc) is 3.67. The number of ether oxygens (including phenoxy) is 1. The van der Waals surface area contributed by atoms with Gasteiger partial charge in [-0.15, -0.1) is 0 Å². The van der Waals surface area contributed by atoms with Gasteiger partial charge in [0, 0.05) is 29.9 Å². The second-order valence-corrected chi connectivity index (χ2v) is 10.7. The molecule has 2 aliphatic rings. The molecule has 9 nitrogen and oxygen atoms in total. The maximum absolute atomic E-state index is 13.6. The summed E-state index contributed by atoms with van der Waals surface area (Å²) in [6.07, 6.45) is 1.90. The molecule has 2 saturated carbocycles. The Balaban J connectivity index is 1.42. The summed E-state index contributed by atoms with van der Waals surface area (Å²) < 4.78 is 46.8. The maximum atomic E-state index is 13.6. The number of carbonyl (C=O) groups excluding carboxylic acids is 1. The normalized spacial score (nSPS) is 19.4. The lowest BCUT2D eigenvalue weighted by Gasteiger charge is -2.36. The van der Waals surface area contributed by atoms with E-state index in [1.807, 2.05) is 11.8 Å². The Kier molecular flexibility index (Phi) is 7.61. The lowest BCUT2D eigenvalue weighted by Crippen LogP contribution is -2.48. The molecule has 0 aliphatic heterocycles. The van der Waals surface area contributed by atoms with Crippen LogP contribution in [0.1, 0.15) is 67.1 Å². The van der Waals surface area contributed by atoms with E-state index in [0.29, 0.717) is 47.1 Å². The molecule has 2 fully saturated rings. The number of carbonyl (C=O) groups is 1. The number of halogens is 3. The van der Waals surface area contributed by atoms with Gasteiger partial charge in [0.1, 0.15) is 23.3 Å². The predicted molar refractivity (Wildman–Crippen MR) is 145 cm³/mol. The summed E-state index contributed by atoms with van der Waals surface area (Å²) in [5.41, 5.74) is 6.95. The average molecular weight is 558 g/mol. The van der Waals surface area contributed by atoms with E-state index >= 15 is 0 Å². The van der Waals surface area contributed by atoms with Crippen LogP contribution in [0.2, 0.25) is 0 Å². The summed E-state index contributed by atoms with van der Waals surface area (Å²) in [4.78, 5) is 27.1. The molecule has 0 spiro atoms. The lowest BCUT2D eigenvalue weighted by atomic mass is 9.90. The number of nitrogens with zero attached hydrogens (tertiary/aromatic N) is 3. The molecule has 0 unspecified atom stereocenters. The molecular weight excluding hydrogens is 523 g/mol. The number of H-pyrrole nitrogens is 1. The van der Waals surface area contributed by atoms with Crippen LogP contribution >= 0.6 is 0 Å². The summed E-state index contributed by atoms with van der Waals surface area (Å²) in [5.74, 6) is 0.472. The van der Waals surface area contributed by atoms with E-state index in [2.05, 4.69) is 20.3 Å². The fourth-order valence-electron chi connectivity index (χ4n) is 5.53. The molecule has 0 saturated heterocycles. The van der Waals surface area contributed by atoms with Crippen molar-refractivity contribution in [2.75, 3.05) is 13.2 Å². The molecule has 0 bridgehead atoms. The first kappa shape index (κ1) is 27.7. The Bertz CT molecular complexity index is 1410. The molecule has 2 aromatic heterocycles. The first-order valence-electron chi connectivity index (χ1n) is 13.7. The quantitative estimate of drug-likeness (QED) is 0.228. The fourth-order valence-corrected chi connectivity index (χ4v) is 5.53. The largest absolute Gasteiger partial charge is 0.493 e. The van der Waals surface area contributed by atoms with Crippen molar-refractivity contribution in [1.29, 1.82) is 5.41 Å². The summed E-state index contributed by atoms with van der Waals surface area (Å²) in [5, 5.41) is 10.9. The first-order chi connectivity index (χ1) is 19.1. The van der Waals surface area contributed by atoms with Gasteiger partial charge in [0.25, 0.3) is 5.91 Å². The van der Waals surface area contributed by atoms with Crippen molar-refractivity contribution in [3.63, 3.8) is 0 Å². The highest BCUT2D eigenvalue weighted by molar-refractivity contribution is 6.09. The Morgan fingerprint density at radius 3 is 2.55 bits per heavy atom. The molecule has 5 rings (SSSR count). The Morgan fingerprint density at radius 1 is 1.20 bits per heavy atom. The molecule has 2 aliphatic carbocycles. The Morgan fingerprint density at radius 2 is 1.93 bits per heavy atom. The minimum atomic E-state index is -4.54. The van der Waals surface area contributed by atoms with Crippen LogP contribution in [0.4, 0.5) is 13.2 Å². The van der Waals surface area contributed by atoms with Crippen molar-refractivity contribution in [2.24, 2.45) is 11.7 Å². The van der Waals surface area contributed by atoms with Crippen LogP contribution in [0.15, 0.2) is 24.5 Å². The van der Waals surface area contributed by atoms with Crippen molar-refractivity contribution in [3.8, 4) is 17.0 Å². The highest BCUT2D eigenvalue weighted by Gasteiger charge is 2.33. The van der Waals surface area contributed by atoms with E-state index in [9.17, 15) is 18.0 Å². The SMILES string of the molecule is CCN(C(=N)N)C1CCC(NC(=O)c2c(C)[nH]c3c(-c4cc(C(F)(F)F)ccc4OCC4CC4)ncnc23)CC1. The molecule has 0 radical (unpaired) electrons. The first-order valence-corrected chi connectivity index (χ1v) is 13.7. The minimum Gasteiger partial charge on any atom is -0.493 e. The van der Waals surface area contributed by atoms with Crippen molar-refractivity contribution in [3.05, 3.63) is 41.3 Å². The van der Waals surface area contributed by atoms with Gasteiger partial charge in [0.05, 0.1) is 23.3 Å². The van der Waals surface area contributed by atoms with E-state index in [0.717, 1.165) is 50.7 Å². The van der Waals surface area contributed by atoms with Crippen LogP contribution < -0.4 is 15.8 Å². The van der Waals surface area contributed by atoms with Crippen molar-refractivity contribution in [2.45, 2.75) is 70.6 Å². The number of alkyl halides is 3. The number of aryl methyl sites for hydroxylation is 1. The van der Waals surface area contributed by atoms with Crippen LogP contribution in [-0.4, -0.2) is 57.0 Å². The number of hydrogen-bond acceptors (Lipinski definition) is 5. The fraction of sp³-hybridized carbons (Fsp3) is 0.500. The van der Waals surface area contributed by atoms with Crippen LogP contribution in [0.5, 0.6) is 5.75 Å². The third-order valence-corrected chi connectivity index (χ3v) is 7.85. The van der Waals surface area contributed by atoms with E-state index in [1.54, 1.807) is 6.92 Å². The Hall–Kier alpha value is -3.83. The molecule has 5 N–H and O–H groups in total. The number of rotatable bonds is 8. The zero-order chi connectivity index (χ0) is 28.6. The van der Waals surface area contributed by atoms with Gasteiger partial charge in [0.2, 0.25) is 0 Å². The number of guanidine groups is 1. The molecule has 3 aromatic rings. The molecule has 40 heavy (non-hydrogen) atoms. The van der Waals surface area contributed by atoms with Gasteiger partial charge in [-0.3, -0.25) is 10.2 Å². The van der Waals surface area contributed by atoms with Gasteiger partial charge in [-0.05, 0) is 76.5 Å². The maximum Gasteiger partial charge on any atom is 0.416 e. The second kappa shape index (κ2) is 11.0.